The van der Waals surface area contributed by atoms with Gasteiger partial charge in [0.15, 0.2) is 0 Å². The van der Waals surface area contributed by atoms with Crippen LogP contribution in [-0.4, -0.2) is 4.98 Å². The summed E-state index contributed by atoms with van der Waals surface area (Å²) in [5.41, 5.74) is 1.21. The number of aromatic amines is 1. The van der Waals surface area contributed by atoms with Crippen molar-refractivity contribution in [2.45, 2.75) is 0 Å². The fourth-order valence-electron chi connectivity index (χ4n) is 2.38. The molecule has 18 heavy (non-hydrogen) atoms. The van der Waals surface area contributed by atoms with Gasteiger partial charge < -0.3 is 4.98 Å². The van der Waals surface area contributed by atoms with Crippen molar-refractivity contribution >= 4 is 32.3 Å². The summed E-state index contributed by atoms with van der Waals surface area (Å²) in [5, 5.41) is 2.77. The largest absolute Gasteiger partial charge is 0.353 e. The first kappa shape index (κ1) is 9.85. The first-order valence-corrected chi connectivity index (χ1v) is 6.58. The van der Waals surface area contributed by atoms with Crippen LogP contribution in [0.4, 0.5) is 0 Å². The zero-order valence-electron chi connectivity index (χ0n) is 9.44. The Hall–Kier alpha value is -2.13. The lowest BCUT2D eigenvalue weighted by Crippen LogP contribution is -1.94. The van der Waals surface area contributed by atoms with Crippen LogP contribution in [0.1, 0.15) is 0 Å². The SMILES string of the molecule is O=c1c2sc3ccccc3[nH]c=2c2ccccc12. The fourth-order valence-corrected chi connectivity index (χ4v) is 3.44. The normalized spacial score (nSPS) is 11.6. The smallest absolute Gasteiger partial charge is 0.205 e. The molecule has 0 amide bonds. The van der Waals surface area contributed by atoms with Gasteiger partial charge in [-0.1, -0.05) is 36.4 Å². The van der Waals surface area contributed by atoms with Crippen LogP contribution in [0.5, 0.6) is 0 Å². The third-order valence-electron chi connectivity index (χ3n) is 3.23. The summed E-state index contributed by atoms with van der Waals surface area (Å²) in [6.07, 6.45) is 0. The summed E-state index contributed by atoms with van der Waals surface area (Å²) in [6.45, 7) is 0. The van der Waals surface area contributed by atoms with Crippen LogP contribution in [-0.2, 0) is 0 Å². The van der Waals surface area contributed by atoms with Crippen molar-refractivity contribution < 1.29 is 0 Å². The van der Waals surface area contributed by atoms with Crippen LogP contribution in [0.2, 0.25) is 0 Å². The summed E-state index contributed by atoms with van der Waals surface area (Å²) < 4.78 is 1.92. The number of nitrogens with one attached hydrogen (secondary N) is 1. The van der Waals surface area contributed by atoms with Gasteiger partial charge in [-0.15, -0.1) is 11.3 Å². The van der Waals surface area contributed by atoms with Crippen molar-refractivity contribution in [2.24, 2.45) is 0 Å². The molecule has 0 radical (unpaired) electrons. The highest BCUT2D eigenvalue weighted by Gasteiger charge is 2.08. The molecule has 0 bridgehead atoms. The molecule has 2 aromatic rings. The van der Waals surface area contributed by atoms with E-state index < -0.39 is 0 Å². The van der Waals surface area contributed by atoms with Gasteiger partial charge in [0, 0.05) is 10.8 Å². The summed E-state index contributed by atoms with van der Waals surface area (Å²) >= 11 is 1.56. The first-order chi connectivity index (χ1) is 8.84. The Balaban J connectivity index is 2.41. The average molecular weight is 251 g/mol. The molecule has 1 N–H and O–H groups in total. The number of aromatic nitrogens is 1. The predicted molar refractivity (Wildman–Crippen MR) is 75.3 cm³/mol. The zero-order valence-corrected chi connectivity index (χ0v) is 10.3. The number of benzene rings is 2. The lowest BCUT2D eigenvalue weighted by molar-refractivity contribution is 1.36. The molecule has 0 aromatic heterocycles. The van der Waals surface area contributed by atoms with Crippen molar-refractivity contribution in [1.82, 2.24) is 4.98 Å². The molecule has 1 aliphatic carbocycles. The Kier molecular flexibility index (Phi) is 1.88. The van der Waals surface area contributed by atoms with E-state index in [-0.39, 0.29) is 5.43 Å². The van der Waals surface area contributed by atoms with Gasteiger partial charge in [0.05, 0.1) is 20.1 Å². The Bertz CT molecular complexity index is 996. The molecular formula is C15H9NOS. The molecule has 4 rings (SSSR count). The summed E-state index contributed by atoms with van der Waals surface area (Å²) in [7, 11) is 0. The second-order valence-electron chi connectivity index (χ2n) is 4.30. The Morgan fingerprint density at radius 2 is 1.61 bits per heavy atom. The standard InChI is InChI=1S/C15H9NOS/c17-14-10-6-2-1-5-9(10)13-15(14)18-12-8-4-3-7-11(12)16-13/h1-8,16H. The molecule has 86 valence electrons. The average Bonchev–Trinajstić information content (AvgIpc) is 2.71. The van der Waals surface area contributed by atoms with E-state index in [4.69, 9.17) is 0 Å². The maximum absolute atomic E-state index is 12.3. The Morgan fingerprint density at radius 3 is 2.50 bits per heavy atom. The molecule has 0 fully saturated rings. The Morgan fingerprint density at radius 1 is 0.889 bits per heavy atom. The van der Waals surface area contributed by atoms with E-state index in [1.54, 1.807) is 11.3 Å². The molecular weight excluding hydrogens is 242 g/mol. The minimum Gasteiger partial charge on any atom is -0.353 e. The number of hydrogen-bond acceptors (Lipinski definition) is 2. The van der Waals surface area contributed by atoms with Gasteiger partial charge in [0.1, 0.15) is 0 Å². The number of H-pyrrole nitrogens is 1. The summed E-state index contributed by atoms with van der Waals surface area (Å²) in [4.78, 5) is 15.7. The van der Waals surface area contributed by atoms with Crippen LogP contribution in [0, 0.1) is 9.88 Å². The van der Waals surface area contributed by atoms with Gasteiger partial charge in [-0.05, 0) is 12.1 Å². The van der Waals surface area contributed by atoms with Gasteiger partial charge in [-0.3, -0.25) is 4.79 Å². The minimum absolute atomic E-state index is 0.132. The van der Waals surface area contributed by atoms with Crippen LogP contribution in [0.25, 0.3) is 21.0 Å². The molecule has 0 atom stereocenters. The molecule has 2 nitrogen and oxygen atoms in total. The predicted octanol–water partition coefficient (Wildman–Crippen LogP) is 3.47. The van der Waals surface area contributed by atoms with Crippen molar-refractivity contribution in [3.63, 3.8) is 0 Å². The highest BCUT2D eigenvalue weighted by Crippen LogP contribution is 2.21. The molecule has 1 aliphatic heterocycles. The molecule has 0 saturated carbocycles. The number of fused-ring (bicyclic) bond motifs is 3. The maximum atomic E-state index is 12.3. The van der Waals surface area contributed by atoms with Gasteiger partial charge in [0.2, 0.25) is 5.43 Å². The number of para-hydroxylation sites is 1. The monoisotopic (exact) mass is 251 g/mol. The van der Waals surface area contributed by atoms with E-state index in [0.717, 1.165) is 30.9 Å². The minimum atomic E-state index is 0.132. The van der Waals surface area contributed by atoms with Gasteiger partial charge in [-0.25, -0.2) is 0 Å². The molecule has 1 heterocycles. The topological polar surface area (TPSA) is 32.9 Å². The van der Waals surface area contributed by atoms with Crippen molar-refractivity contribution in [1.29, 1.82) is 0 Å². The number of rotatable bonds is 0. The third kappa shape index (κ3) is 1.19. The van der Waals surface area contributed by atoms with Gasteiger partial charge >= 0.3 is 0 Å². The molecule has 2 aliphatic rings. The van der Waals surface area contributed by atoms with E-state index in [2.05, 4.69) is 4.98 Å². The van der Waals surface area contributed by atoms with E-state index in [9.17, 15) is 4.79 Å². The lowest BCUT2D eigenvalue weighted by Gasteiger charge is -1.96. The lowest BCUT2D eigenvalue weighted by atomic mass is 10.2. The second kappa shape index (κ2) is 3.43. The quantitative estimate of drug-likeness (QED) is 0.510. The van der Waals surface area contributed by atoms with Crippen molar-refractivity contribution in [3.05, 3.63) is 68.6 Å². The van der Waals surface area contributed by atoms with E-state index in [1.807, 2.05) is 48.5 Å². The molecule has 0 saturated heterocycles. The summed E-state index contributed by atoms with van der Waals surface area (Å²) in [5.74, 6) is 0. The fraction of sp³-hybridized carbons (Fsp3) is 0. The third-order valence-corrected chi connectivity index (χ3v) is 4.40. The number of hydrogen-bond donors (Lipinski definition) is 1. The van der Waals surface area contributed by atoms with Crippen LogP contribution in [0.3, 0.4) is 0 Å². The van der Waals surface area contributed by atoms with E-state index in [0.29, 0.717) is 0 Å². The van der Waals surface area contributed by atoms with Crippen LogP contribution in [0.15, 0.2) is 53.3 Å². The Labute approximate surface area is 106 Å². The highest BCUT2D eigenvalue weighted by atomic mass is 32.1. The van der Waals surface area contributed by atoms with E-state index >= 15 is 0 Å². The van der Waals surface area contributed by atoms with Gasteiger partial charge in [0.25, 0.3) is 0 Å². The van der Waals surface area contributed by atoms with Gasteiger partial charge in [-0.2, -0.15) is 0 Å². The van der Waals surface area contributed by atoms with Crippen LogP contribution >= 0.6 is 11.3 Å². The van der Waals surface area contributed by atoms with Crippen molar-refractivity contribution in [2.75, 3.05) is 0 Å². The molecule has 2 aromatic carbocycles. The highest BCUT2D eigenvalue weighted by molar-refractivity contribution is 7.16. The summed E-state index contributed by atoms with van der Waals surface area (Å²) in [6, 6.07) is 15.8. The van der Waals surface area contributed by atoms with Crippen LogP contribution < -0.4 is 5.43 Å². The second-order valence-corrected chi connectivity index (χ2v) is 5.35. The van der Waals surface area contributed by atoms with Crippen molar-refractivity contribution in [3.8, 4) is 0 Å². The zero-order chi connectivity index (χ0) is 12.1. The first-order valence-electron chi connectivity index (χ1n) is 5.77. The molecule has 3 heteroatoms. The maximum Gasteiger partial charge on any atom is 0.205 e. The molecule has 0 spiro atoms. The van der Waals surface area contributed by atoms with E-state index in [1.165, 1.54) is 0 Å². The molecule has 0 unspecified atom stereocenters.